The zero-order valence-electron chi connectivity index (χ0n) is 8.34. The van der Waals surface area contributed by atoms with Crippen molar-refractivity contribution in [2.75, 3.05) is 26.4 Å². The number of hydrogen-bond acceptors (Lipinski definition) is 3. The van der Waals surface area contributed by atoms with Crippen molar-refractivity contribution in [1.82, 2.24) is 0 Å². The quantitative estimate of drug-likeness (QED) is 0.417. The molecule has 0 fully saturated rings. The van der Waals surface area contributed by atoms with Crippen molar-refractivity contribution in [2.45, 2.75) is 33.5 Å². The molecule has 3 nitrogen and oxygen atoms in total. The van der Waals surface area contributed by atoms with Gasteiger partial charge in [-0.15, -0.1) is 0 Å². The van der Waals surface area contributed by atoms with Gasteiger partial charge in [-0.05, 0) is 27.2 Å². The maximum absolute atomic E-state index is 5.33. The van der Waals surface area contributed by atoms with Crippen molar-refractivity contribution in [3.63, 3.8) is 0 Å². The summed E-state index contributed by atoms with van der Waals surface area (Å²) < 4.78 is 15.7. The lowest BCUT2D eigenvalue weighted by Crippen LogP contribution is -2.14. The summed E-state index contributed by atoms with van der Waals surface area (Å²) in [5.74, 6) is 0. The van der Waals surface area contributed by atoms with Gasteiger partial charge >= 0.3 is 0 Å². The van der Waals surface area contributed by atoms with Crippen LogP contribution in [0.15, 0.2) is 0 Å². The van der Waals surface area contributed by atoms with Crippen LogP contribution in [-0.2, 0) is 14.2 Å². The molecule has 0 N–H and O–H groups in total. The van der Waals surface area contributed by atoms with Crippen LogP contribution >= 0.6 is 0 Å². The summed E-state index contributed by atoms with van der Waals surface area (Å²) in [5.41, 5.74) is 0. The highest BCUT2D eigenvalue weighted by molar-refractivity contribution is 4.36. The lowest BCUT2D eigenvalue weighted by atomic mass is 10.5. The molecule has 0 saturated heterocycles. The minimum Gasteiger partial charge on any atom is -0.382 e. The van der Waals surface area contributed by atoms with Gasteiger partial charge in [-0.1, -0.05) is 0 Å². The van der Waals surface area contributed by atoms with E-state index in [0.717, 1.165) is 19.6 Å². The van der Waals surface area contributed by atoms with Crippen LogP contribution in [0.5, 0.6) is 0 Å². The highest BCUT2D eigenvalue weighted by Crippen LogP contribution is 1.94. The average molecular weight is 176 g/mol. The molecule has 1 unspecified atom stereocenters. The monoisotopic (exact) mass is 176 g/mol. The lowest BCUT2D eigenvalue weighted by molar-refractivity contribution is -0.129. The Morgan fingerprint density at radius 2 is 1.75 bits per heavy atom. The fraction of sp³-hybridized carbons (Fsp3) is 1.00. The second-order valence-corrected chi connectivity index (χ2v) is 2.44. The first-order valence-electron chi connectivity index (χ1n) is 4.62. The molecule has 0 aliphatic heterocycles. The van der Waals surface area contributed by atoms with Gasteiger partial charge in [-0.2, -0.15) is 0 Å². The third kappa shape index (κ3) is 7.98. The van der Waals surface area contributed by atoms with E-state index in [2.05, 4.69) is 0 Å². The summed E-state index contributed by atoms with van der Waals surface area (Å²) in [6.45, 7) is 8.82. The van der Waals surface area contributed by atoms with Crippen LogP contribution in [0.3, 0.4) is 0 Å². The summed E-state index contributed by atoms with van der Waals surface area (Å²) >= 11 is 0. The Morgan fingerprint density at radius 3 is 2.33 bits per heavy atom. The zero-order valence-corrected chi connectivity index (χ0v) is 8.34. The molecule has 0 amide bonds. The molecule has 0 saturated carbocycles. The van der Waals surface area contributed by atoms with E-state index in [1.54, 1.807) is 0 Å². The largest absolute Gasteiger partial charge is 0.382 e. The summed E-state index contributed by atoms with van der Waals surface area (Å²) in [5, 5.41) is 0. The molecule has 0 aromatic rings. The highest BCUT2D eigenvalue weighted by atomic mass is 16.7. The maximum atomic E-state index is 5.33. The summed E-state index contributed by atoms with van der Waals surface area (Å²) in [4.78, 5) is 0. The SMILES string of the molecule is CCOCCCOC(C)OCC. The van der Waals surface area contributed by atoms with Crippen molar-refractivity contribution in [3.8, 4) is 0 Å². The number of hydrogen-bond donors (Lipinski definition) is 0. The van der Waals surface area contributed by atoms with Gasteiger partial charge in [0.05, 0.1) is 6.61 Å². The van der Waals surface area contributed by atoms with Gasteiger partial charge in [-0.25, -0.2) is 0 Å². The van der Waals surface area contributed by atoms with Crippen LogP contribution in [0, 0.1) is 0 Å². The van der Waals surface area contributed by atoms with E-state index in [0.29, 0.717) is 13.2 Å². The van der Waals surface area contributed by atoms with Gasteiger partial charge < -0.3 is 14.2 Å². The number of ether oxygens (including phenoxy) is 3. The van der Waals surface area contributed by atoms with Crippen molar-refractivity contribution >= 4 is 0 Å². The van der Waals surface area contributed by atoms with Crippen LogP contribution in [-0.4, -0.2) is 32.7 Å². The summed E-state index contributed by atoms with van der Waals surface area (Å²) in [6.07, 6.45) is 0.849. The second kappa shape index (κ2) is 8.97. The smallest absolute Gasteiger partial charge is 0.154 e. The molecule has 0 rings (SSSR count). The van der Waals surface area contributed by atoms with E-state index in [1.807, 2.05) is 20.8 Å². The number of rotatable bonds is 8. The molecule has 0 aliphatic carbocycles. The molecule has 3 heteroatoms. The molecule has 0 aromatic heterocycles. The Hall–Kier alpha value is -0.120. The average Bonchev–Trinajstić information content (AvgIpc) is 2.05. The third-order valence-electron chi connectivity index (χ3n) is 1.39. The Labute approximate surface area is 75.0 Å². The fourth-order valence-electron chi connectivity index (χ4n) is 0.837. The molecule has 0 aromatic carbocycles. The van der Waals surface area contributed by atoms with Gasteiger partial charge in [0.1, 0.15) is 0 Å². The van der Waals surface area contributed by atoms with E-state index >= 15 is 0 Å². The molecule has 0 spiro atoms. The highest BCUT2D eigenvalue weighted by Gasteiger charge is 1.98. The van der Waals surface area contributed by atoms with Crippen LogP contribution in [0.1, 0.15) is 27.2 Å². The standard InChI is InChI=1S/C9H20O3/c1-4-10-7-6-8-12-9(3)11-5-2/h9H,4-8H2,1-3H3. The van der Waals surface area contributed by atoms with Gasteiger partial charge in [0.25, 0.3) is 0 Å². The normalized spacial score (nSPS) is 13.2. The topological polar surface area (TPSA) is 27.7 Å². The summed E-state index contributed by atoms with van der Waals surface area (Å²) in [6, 6.07) is 0. The predicted molar refractivity (Wildman–Crippen MR) is 48.2 cm³/mol. The second-order valence-electron chi connectivity index (χ2n) is 2.44. The van der Waals surface area contributed by atoms with Crippen LogP contribution < -0.4 is 0 Å². The fourth-order valence-corrected chi connectivity index (χ4v) is 0.837. The van der Waals surface area contributed by atoms with Crippen molar-refractivity contribution < 1.29 is 14.2 Å². The molecule has 12 heavy (non-hydrogen) atoms. The molecular formula is C9H20O3. The maximum Gasteiger partial charge on any atom is 0.154 e. The first-order valence-corrected chi connectivity index (χ1v) is 4.62. The van der Waals surface area contributed by atoms with E-state index < -0.39 is 0 Å². The molecule has 0 radical (unpaired) electrons. The van der Waals surface area contributed by atoms with Crippen molar-refractivity contribution in [1.29, 1.82) is 0 Å². The third-order valence-corrected chi connectivity index (χ3v) is 1.39. The predicted octanol–water partition coefficient (Wildman–Crippen LogP) is 1.81. The molecule has 0 aliphatic rings. The van der Waals surface area contributed by atoms with Gasteiger partial charge in [-0.3, -0.25) is 0 Å². The Balaban J connectivity index is 2.97. The first-order chi connectivity index (χ1) is 5.81. The lowest BCUT2D eigenvalue weighted by Gasteiger charge is -2.12. The molecule has 1 atom stereocenters. The van der Waals surface area contributed by atoms with Crippen LogP contribution in [0.4, 0.5) is 0 Å². The van der Waals surface area contributed by atoms with Crippen LogP contribution in [0.25, 0.3) is 0 Å². The Kier molecular flexibility index (Phi) is 8.88. The minimum absolute atomic E-state index is 0.0865. The van der Waals surface area contributed by atoms with E-state index in [9.17, 15) is 0 Å². The minimum atomic E-state index is -0.0865. The Morgan fingerprint density at radius 1 is 1.00 bits per heavy atom. The van der Waals surface area contributed by atoms with Gasteiger partial charge in [0.15, 0.2) is 6.29 Å². The van der Waals surface area contributed by atoms with Gasteiger partial charge in [0, 0.05) is 19.8 Å². The van der Waals surface area contributed by atoms with E-state index in [1.165, 1.54) is 0 Å². The van der Waals surface area contributed by atoms with E-state index in [4.69, 9.17) is 14.2 Å². The molecule has 0 bridgehead atoms. The van der Waals surface area contributed by atoms with Crippen LogP contribution in [0.2, 0.25) is 0 Å². The molecule has 0 heterocycles. The molecular weight excluding hydrogens is 156 g/mol. The zero-order chi connectivity index (χ0) is 9.23. The summed E-state index contributed by atoms with van der Waals surface area (Å²) in [7, 11) is 0. The Bertz CT molecular complexity index is 85.8. The van der Waals surface area contributed by atoms with E-state index in [-0.39, 0.29) is 6.29 Å². The first kappa shape index (κ1) is 11.9. The van der Waals surface area contributed by atoms with Crippen molar-refractivity contribution in [2.24, 2.45) is 0 Å². The van der Waals surface area contributed by atoms with Gasteiger partial charge in [0.2, 0.25) is 0 Å². The van der Waals surface area contributed by atoms with Crippen molar-refractivity contribution in [3.05, 3.63) is 0 Å². The molecule has 74 valence electrons.